The van der Waals surface area contributed by atoms with Crippen molar-refractivity contribution in [2.75, 3.05) is 6.61 Å². The van der Waals surface area contributed by atoms with Crippen molar-refractivity contribution >= 4 is 16.0 Å². The van der Waals surface area contributed by atoms with Gasteiger partial charge in [0, 0.05) is 12.1 Å². The predicted octanol–water partition coefficient (Wildman–Crippen LogP) is 4.42. The summed E-state index contributed by atoms with van der Waals surface area (Å²) >= 11 is 0. The van der Waals surface area contributed by atoms with Gasteiger partial charge in [-0.15, -0.1) is 0 Å². The zero-order valence-corrected chi connectivity index (χ0v) is 18.0. The molecule has 1 aliphatic rings. The molecule has 0 saturated heterocycles. The van der Waals surface area contributed by atoms with E-state index in [4.69, 9.17) is 4.74 Å². The highest BCUT2D eigenvalue weighted by Gasteiger charge is 2.15. The Labute approximate surface area is 178 Å². The van der Waals surface area contributed by atoms with E-state index in [2.05, 4.69) is 25.7 Å². The van der Waals surface area contributed by atoms with Crippen LogP contribution in [0.5, 0.6) is 5.75 Å². The van der Waals surface area contributed by atoms with Gasteiger partial charge in [-0.05, 0) is 47.8 Å². The molecule has 1 amide bonds. The Hall–Kier alpha value is -2.90. The SMILES string of the molecule is C=C1/C=C\C=C(\NC(=O)COc2ccc(C(C)CC)cc2)C/C=C\C=C1S(=O)(=O)O. The Balaban J connectivity index is 1.96. The number of hydrogen-bond acceptors (Lipinski definition) is 4. The molecule has 0 aliphatic heterocycles. The fourth-order valence-electron chi connectivity index (χ4n) is 2.72. The molecular weight excluding hydrogens is 402 g/mol. The van der Waals surface area contributed by atoms with Crippen molar-refractivity contribution in [3.05, 3.63) is 89.0 Å². The molecule has 7 heteroatoms. The summed E-state index contributed by atoms with van der Waals surface area (Å²) in [7, 11) is -4.37. The number of carbonyl (C=O) groups excluding carboxylic acids is 1. The number of nitrogens with one attached hydrogen (secondary N) is 1. The van der Waals surface area contributed by atoms with Crippen LogP contribution in [0.15, 0.2) is 83.5 Å². The molecule has 0 heterocycles. The Morgan fingerprint density at radius 3 is 2.57 bits per heavy atom. The van der Waals surface area contributed by atoms with Crippen LogP contribution >= 0.6 is 0 Å². The maximum atomic E-state index is 12.2. The summed E-state index contributed by atoms with van der Waals surface area (Å²) < 4.78 is 37.6. The number of rotatable bonds is 7. The Morgan fingerprint density at radius 2 is 1.93 bits per heavy atom. The quantitative estimate of drug-likeness (QED) is 0.626. The molecule has 2 N–H and O–H groups in total. The number of allylic oxidation sites excluding steroid dienone is 7. The highest BCUT2D eigenvalue weighted by molar-refractivity contribution is 7.90. The minimum absolute atomic E-state index is 0.132. The molecule has 30 heavy (non-hydrogen) atoms. The fourth-order valence-corrected chi connectivity index (χ4v) is 3.37. The molecule has 2 rings (SSSR count). The standard InChI is InChI=1S/C23H27NO5S/c1-4-17(2)19-12-14-21(15-13-19)29-16-23(25)24-20-9-5-6-11-22(30(26,27)28)18(3)8-7-10-20/h5-8,10-15,17H,3-4,9,16H2,1-2H3,(H,24,25)(H,26,27,28)/b6-5-,8-7-,20-10+,22-11?. The summed E-state index contributed by atoms with van der Waals surface area (Å²) in [6.45, 7) is 7.81. The van der Waals surface area contributed by atoms with E-state index in [1.807, 2.05) is 24.3 Å². The second kappa shape index (κ2) is 10.8. The van der Waals surface area contributed by atoms with Gasteiger partial charge < -0.3 is 10.1 Å². The molecule has 0 aromatic heterocycles. The lowest BCUT2D eigenvalue weighted by atomic mass is 9.99. The first-order valence-corrected chi connectivity index (χ1v) is 11.1. The van der Waals surface area contributed by atoms with Gasteiger partial charge in [0.15, 0.2) is 6.61 Å². The first-order chi connectivity index (χ1) is 14.2. The summed E-state index contributed by atoms with van der Waals surface area (Å²) in [5, 5.41) is 2.78. The zero-order chi connectivity index (χ0) is 22.1. The van der Waals surface area contributed by atoms with Crippen LogP contribution in [0.3, 0.4) is 0 Å². The van der Waals surface area contributed by atoms with Gasteiger partial charge in [0.2, 0.25) is 0 Å². The molecule has 0 radical (unpaired) electrons. The summed E-state index contributed by atoms with van der Waals surface area (Å²) in [5.41, 5.74) is 1.97. The first-order valence-electron chi connectivity index (χ1n) is 9.64. The van der Waals surface area contributed by atoms with Crippen molar-refractivity contribution in [3.63, 3.8) is 0 Å². The third-order valence-electron chi connectivity index (χ3n) is 4.64. The van der Waals surface area contributed by atoms with E-state index in [1.54, 1.807) is 18.2 Å². The summed E-state index contributed by atoms with van der Waals surface area (Å²) in [6, 6.07) is 7.71. The maximum Gasteiger partial charge on any atom is 0.295 e. The van der Waals surface area contributed by atoms with Crippen LogP contribution in [0.1, 0.15) is 38.2 Å². The van der Waals surface area contributed by atoms with Crippen LogP contribution in [-0.2, 0) is 14.9 Å². The number of ether oxygens (including phenoxy) is 1. The van der Waals surface area contributed by atoms with Crippen molar-refractivity contribution in [3.8, 4) is 5.75 Å². The van der Waals surface area contributed by atoms with Gasteiger partial charge in [-0.25, -0.2) is 0 Å². The average Bonchev–Trinajstić information content (AvgIpc) is 2.70. The van der Waals surface area contributed by atoms with Gasteiger partial charge >= 0.3 is 0 Å². The third kappa shape index (κ3) is 7.17. The average molecular weight is 430 g/mol. The monoisotopic (exact) mass is 429 g/mol. The van der Waals surface area contributed by atoms with E-state index >= 15 is 0 Å². The molecule has 1 unspecified atom stereocenters. The second-order valence-corrected chi connectivity index (χ2v) is 8.32. The molecule has 6 nitrogen and oxygen atoms in total. The Bertz CT molecular complexity index is 999. The van der Waals surface area contributed by atoms with E-state index in [-0.39, 0.29) is 23.0 Å². The van der Waals surface area contributed by atoms with E-state index in [1.165, 1.54) is 23.8 Å². The van der Waals surface area contributed by atoms with Gasteiger partial charge in [-0.3, -0.25) is 9.35 Å². The highest BCUT2D eigenvalue weighted by Crippen LogP contribution is 2.21. The van der Waals surface area contributed by atoms with Gasteiger partial charge in [-0.2, -0.15) is 8.42 Å². The number of hydrogen-bond donors (Lipinski definition) is 2. The molecule has 0 bridgehead atoms. The molecule has 1 aromatic carbocycles. The van der Waals surface area contributed by atoms with Crippen LogP contribution < -0.4 is 10.1 Å². The van der Waals surface area contributed by atoms with Crippen molar-refractivity contribution in [2.24, 2.45) is 0 Å². The number of carbonyl (C=O) groups is 1. The lowest BCUT2D eigenvalue weighted by Crippen LogP contribution is -2.28. The normalized spacial score (nSPS) is 19.6. The molecule has 0 spiro atoms. The van der Waals surface area contributed by atoms with Gasteiger partial charge in [0.25, 0.3) is 16.0 Å². The van der Waals surface area contributed by atoms with E-state index in [0.29, 0.717) is 23.8 Å². The molecule has 1 aromatic rings. The van der Waals surface area contributed by atoms with Crippen LogP contribution in [-0.4, -0.2) is 25.5 Å². The summed E-state index contributed by atoms with van der Waals surface area (Å²) in [4.78, 5) is 12.0. The minimum Gasteiger partial charge on any atom is -0.484 e. The van der Waals surface area contributed by atoms with Crippen LogP contribution in [0.2, 0.25) is 0 Å². The van der Waals surface area contributed by atoms with Gasteiger partial charge in [0.05, 0.1) is 0 Å². The van der Waals surface area contributed by atoms with E-state index in [9.17, 15) is 17.8 Å². The summed E-state index contributed by atoms with van der Waals surface area (Å²) in [6.07, 6.45) is 10.5. The predicted molar refractivity (Wildman–Crippen MR) is 119 cm³/mol. The largest absolute Gasteiger partial charge is 0.484 e. The molecule has 0 saturated carbocycles. The fraction of sp³-hybridized carbons (Fsp3) is 0.261. The van der Waals surface area contributed by atoms with Crippen molar-refractivity contribution in [2.45, 2.75) is 32.6 Å². The van der Waals surface area contributed by atoms with E-state index < -0.39 is 10.1 Å². The molecule has 0 fully saturated rings. The topological polar surface area (TPSA) is 92.7 Å². The second-order valence-electron chi connectivity index (χ2n) is 6.93. The van der Waals surface area contributed by atoms with Gasteiger partial charge in [-0.1, -0.05) is 56.9 Å². The Morgan fingerprint density at radius 1 is 1.23 bits per heavy atom. The Kier molecular flexibility index (Phi) is 8.38. The maximum absolute atomic E-state index is 12.2. The van der Waals surface area contributed by atoms with Crippen LogP contribution in [0, 0.1) is 0 Å². The van der Waals surface area contributed by atoms with Gasteiger partial charge in [0.1, 0.15) is 10.7 Å². The molecule has 1 atom stereocenters. The smallest absolute Gasteiger partial charge is 0.295 e. The third-order valence-corrected chi connectivity index (χ3v) is 5.60. The number of benzene rings is 1. The molecular formula is C23H27NO5S. The number of amides is 1. The first kappa shape index (κ1) is 23.4. The minimum atomic E-state index is -4.37. The molecule has 160 valence electrons. The van der Waals surface area contributed by atoms with Crippen LogP contribution in [0.4, 0.5) is 0 Å². The highest BCUT2D eigenvalue weighted by atomic mass is 32.2. The lowest BCUT2D eigenvalue weighted by Gasteiger charge is -2.12. The van der Waals surface area contributed by atoms with Crippen molar-refractivity contribution in [1.29, 1.82) is 0 Å². The van der Waals surface area contributed by atoms with E-state index in [0.717, 1.165) is 6.42 Å². The van der Waals surface area contributed by atoms with Crippen molar-refractivity contribution in [1.82, 2.24) is 5.32 Å². The van der Waals surface area contributed by atoms with Crippen molar-refractivity contribution < 1.29 is 22.5 Å². The van der Waals surface area contributed by atoms with Crippen LogP contribution in [0.25, 0.3) is 0 Å². The summed E-state index contributed by atoms with van der Waals surface area (Å²) in [5.74, 6) is 0.790. The molecule has 1 aliphatic carbocycles. The lowest BCUT2D eigenvalue weighted by molar-refractivity contribution is -0.122. The zero-order valence-electron chi connectivity index (χ0n) is 17.2.